The highest BCUT2D eigenvalue weighted by Crippen LogP contribution is 2.37. The van der Waals surface area contributed by atoms with Gasteiger partial charge in [-0.1, -0.05) is 6.07 Å². The van der Waals surface area contributed by atoms with Crippen molar-refractivity contribution >= 4 is 43.9 Å². The highest BCUT2D eigenvalue weighted by Gasteiger charge is 2.52. The first-order chi connectivity index (χ1) is 19.6. The molecule has 216 valence electrons. The average Bonchev–Trinajstić information content (AvgIpc) is 3.44. The zero-order valence-corrected chi connectivity index (χ0v) is 24.5. The van der Waals surface area contributed by atoms with E-state index in [2.05, 4.69) is 9.97 Å². The Kier molecular flexibility index (Phi) is 9.71. The number of rotatable bonds is 6. The molecule has 12 heteroatoms. The first kappa shape index (κ1) is 31.2. The molecule has 4 aromatic rings. The van der Waals surface area contributed by atoms with Crippen LogP contribution in [0.15, 0.2) is 85.5 Å². The molecular formula is C30H31B2ClN2O7. The van der Waals surface area contributed by atoms with Crippen LogP contribution in [0.3, 0.4) is 0 Å². The maximum absolute atomic E-state index is 11.4. The van der Waals surface area contributed by atoms with Crippen molar-refractivity contribution in [2.24, 2.45) is 0 Å². The average molecular weight is 589 g/mol. The summed E-state index contributed by atoms with van der Waals surface area (Å²) in [6.45, 7) is 8.35. The lowest BCUT2D eigenvalue weighted by molar-refractivity contribution is 0.00578. The Bertz CT molecular complexity index is 1490. The fourth-order valence-corrected chi connectivity index (χ4v) is 4.24. The molecule has 9 nitrogen and oxygen atoms in total. The van der Waals surface area contributed by atoms with Crippen LogP contribution in [0.1, 0.15) is 43.6 Å². The van der Waals surface area contributed by atoms with Crippen LogP contribution in [0.25, 0.3) is 0 Å². The number of benzene rings is 2. The molecule has 42 heavy (non-hydrogen) atoms. The molecule has 0 atom stereocenters. The van der Waals surface area contributed by atoms with Crippen molar-refractivity contribution in [3.63, 3.8) is 0 Å². The Labute approximate surface area is 251 Å². The normalized spacial score (nSPS) is 16.0. The number of hydrogen-bond donors (Lipinski definition) is 1. The van der Waals surface area contributed by atoms with Crippen LogP contribution in [-0.4, -0.2) is 46.7 Å². The van der Waals surface area contributed by atoms with Crippen LogP contribution in [0.2, 0.25) is 0 Å². The molecule has 6 rings (SSSR count). The van der Waals surface area contributed by atoms with Gasteiger partial charge in [0.2, 0.25) is 0 Å². The van der Waals surface area contributed by atoms with E-state index in [9.17, 15) is 9.82 Å². The number of carbonyl (C=O) groups is 1. The van der Waals surface area contributed by atoms with Crippen molar-refractivity contribution in [2.75, 3.05) is 0 Å². The van der Waals surface area contributed by atoms with Crippen molar-refractivity contribution in [3.05, 3.63) is 96.6 Å². The molecule has 0 amide bonds. The van der Waals surface area contributed by atoms with E-state index in [0.29, 0.717) is 40.6 Å². The third-order valence-electron chi connectivity index (χ3n) is 7.21. The molecular weight excluding hydrogens is 557 g/mol. The third-order valence-corrected chi connectivity index (χ3v) is 7.21. The molecule has 2 aliphatic heterocycles. The van der Waals surface area contributed by atoms with Gasteiger partial charge in [-0.15, -0.1) is 12.4 Å². The molecule has 0 unspecified atom stereocenters. The van der Waals surface area contributed by atoms with Gasteiger partial charge in [-0.05, 0) is 98.8 Å². The minimum atomic E-state index is -0.845. The van der Waals surface area contributed by atoms with Gasteiger partial charge in [0.1, 0.15) is 29.3 Å². The van der Waals surface area contributed by atoms with Gasteiger partial charge in [-0.3, -0.25) is 14.8 Å². The minimum absolute atomic E-state index is 0. The molecule has 2 aromatic heterocycles. The number of nitrogens with zero attached hydrogens (tertiary/aromatic N) is 2. The Morgan fingerprint density at radius 1 is 0.810 bits per heavy atom. The predicted octanol–water partition coefficient (Wildman–Crippen LogP) is 4.50. The summed E-state index contributed by atoms with van der Waals surface area (Å²) in [6.07, 6.45) is 7.43. The molecule has 2 aromatic carbocycles. The Hall–Kier alpha value is -3.73. The predicted molar refractivity (Wildman–Crippen MR) is 162 cm³/mol. The fraction of sp³-hybridized carbons (Fsp3) is 0.233. The standard InChI is InChI=1S/C18H20BNO4.C12H10BNO3.ClH/c1-17(2)18(3,4)24-19(23-17)16-10-14(8-7-13(16)12-21)22-15-6-5-9-20-11-15;15-13-12-6-10(4-3-9(12)8-16-13)17-11-2-1-5-14-7-11;/h5-12H,1-4H3;1-7,15H,8H2;1H. The van der Waals surface area contributed by atoms with Gasteiger partial charge >= 0.3 is 14.2 Å². The zero-order valence-electron chi connectivity index (χ0n) is 23.7. The zero-order chi connectivity index (χ0) is 29.0. The van der Waals surface area contributed by atoms with Gasteiger partial charge in [0.05, 0.1) is 30.2 Å². The molecule has 1 saturated heterocycles. The molecule has 0 bridgehead atoms. The van der Waals surface area contributed by atoms with E-state index in [-0.39, 0.29) is 12.4 Å². The van der Waals surface area contributed by atoms with Crippen molar-refractivity contribution in [3.8, 4) is 23.0 Å². The quantitative estimate of drug-likeness (QED) is 0.257. The lowest BCUT2D eigenvalue weighted by Crippen LogP contribution is -2.41. The highest BCUT2D eigenvalue weighted by molar-refractivity contribution is 6.63. The van der Waals surface area contributed by atoms with Crippen LogP contribution in [0.4, 0.5) is 0 Å². The number of aromatic nitrogens is 2. The van der Waals surface area contributed by atoms with Gasteiger partial charge in [0.25, 0.3) is 0 Å². The smallest absolute Gasteiger partial charge is 0.456 e. The number of fused-ring (bicyclic) bond motifs is 1. The van der Waals surface area contributed by atoms with Crippen LogP contribution in [-0.2, 0) is 20.6 Å². The summed E-state index contributed by atoms with van der Waals surface area (Å²) in [5.41, 5.74) is 2.00. The van der Waals surface area contributed by atoms with Crippen molar-refractivity contribution in [1.29, 1.82) is 0 Å². The summed E-state index contributed by atoms with van der Waals surface area (Å²) in [7, 11) is -1.46. The second-order valence-corrected chi connectivity index (χ2v) is 10.6. The topological polar surface area (TPSA) is 109 Å². The lowest BCUT2D eigenvalue weighted by Gasteiger charge is -2.32. The third kappa shape index (κ3) is 7.00. The minimum Gasteiger partial charge on any atom is -0.456 e. The second kappa shape index (κ2) is 13.1. The van der Waals surface area contributed by atoms with Gasteiger partial charge in [0.15, 0.2) is 0 Å². The number of halogens is 1. The monoisotopic (exact) mass is 588 g/mol. The summed E-state index contributed by atoms with van der Waals surface area (Å²) >= 11 is 0. The molecule has 0 aliphatic carbocycles. The van der Waals surface area contributed by atoms with E-state index in [1.54, 1.807) is 61.2 Å². The van der Waals surface area contributed by atoms with Gasteiger partial charge < -0.3 is 28.5 Å². The molecule has 1 N–H and O–H groups in total. The Balaban J connectivity index is 0.000000198. The van der Waals surface area contributed by atoms with Crippen LogP contribution in [0, 0.1) is 0 Å². The lowest BCUT2D eigenvalue weighted by atomic mass is 9.76. The number of pyridine rings is 2. The summed E-state index contributed by atoms with van der Waals surface area (Å²) < 4.78 is 28.6. The van der Waals surface area contributed by atoms with Gasteiger partial charge in [-0.2, -0.15) is 0 Å². The van der Waals surface area contributed by atoms with E-state index in [0.717, 1.165) is 17.3 Å². The molecule has 1 fully saturated rings. The van der Waals surface area contributed by atoms with E-state index in [4.69, 9.17) is 23.4 Å². The van der Waals surface area contributed by atoms with E-state index >= 15 is 0 Å². The van der Waals surface area contributed by atoms with Crippen LogP contribution < -0.4 is 20.4 Å². The van der Waals surface area contributed by atoms with Crippen LogP contribution >= 0.6 is 12.4 Å². The van der Waals surface area contributed by atoms with Crippen molar-refractivity contribution < 1.29 is 33.3 Å². The molecule has 4 heterocycles. The summed E-state index contributed by atoms with van der Waals surface area (Å²) in [5, 5.41) is 9.58. The number of aldehydes is 1. The first-order valence-electron chi connectivity index (χ1n) is 13.2. The number of carbonyl (C=O) groups excluding carboxylic acids is 1. The number of hydrogen-bond acceptors (Lipinski definition) is 9. The molecule has 0 radical (unpaired) electrons. The maximum atomic E-state index is 11.4. The summed E-state index contributed by atoms with van der Waals surface area (Å²) in [6, 6.07) is 18.0. The highest BCUT2D eigenvalue weighted by atomic mass is 35.5. The van der Waals surface area contributed by atoms with Crippen molar-refractivity contribution in [1.82, 2.24) is 9.97 Å². The van der Waals surface area contributed by atoms with Gasteiger partial charge in [0, 0.05) is 18.0 Å². The van der Waals surface area contributed by atoms with E-state index in [1.807, 2.05) is 52.0 Å². The maximum Gasteiger partial charge on any atom is 0.495 e. The van der Waals surface area contributed by atoms with Crippen molar-refractivity contribution in [2.45, 2.75) is 45.5 Å². The SMILES string of the molecule is CC1(C)OB(c2cc(Oc3cccnc3)ccc2C=O)OC1(C)C.Cl.OB1OCc2ccc(Oc3cccnc3)cc21. The van der Waals surface area contributed by atoms with Crippen LogP contribution in [0.5, 0.6) is 23.0 Å². The Morgan fingerprint density at radius 3 is 1.88 bits per heavy atom. The van der Waals surface area contributed by atoms with E-state index < -0.39 is 25.4 Å². The molecule has 0 spiro atoms. The summed E-state index contributed by atoms with van der Waals surface area (Å²) in [5.74, 6) is 2.55. The number of ether oxygens (including phenoxy) is 2. The summed E-state index contributed by atoms with van der Waals surface area (Å²) in [4.78, 5) is 19.4. The molecule has 0 saturated carbocycles. The molecule has 2 aliphatic rings. The Morgan fingerprint density at radius 2 is 1.36 bits per heavy atom. The second-order valence-electron chi connectivity index (χ2n) is 10.6. The first-order valence-corrected chi connectivity index (χ1v) is 13.2. The van der Waals surface area contributed by atoms with E-state index in [1.165, 1.54) is 0 Å². The fourth-order valence-electron chi connectivity index (χ4n) is 4.24. The largest absolute Gasteiger partial charge is 0.495 e. The van der Waals surface area contributed by atoms with Gasteiger partial charge in [-0.25, -0.2) is 0 Å².